The van der Waals surface area contributed by atoms with Gasteiger partial charge in [-0.15, -0.1) is 11.3 Å². The summed E-state index contributed by atoms with van der Waals surface area (Å²) in [4.78, 5) is 16.7. The molecule has 29 heavy (non-hydrogen) atoms. The zero-order valence-corrected chi connectivity index (χ0v) is 16.3. The number of phenols is 1. The molecule has 2 N–H and O–H groups in total. The Hall–Kier alpha value is -3.13. The third-order valence-corrected chi connectivity index (χ3v) is 5.69. The molecular weight excluding hydrogens is 396 g/mol. The van der Waals surface area contributed by atoms with E-state index >= 15 is 0 Å². The van der Waals surface area contributed by atoms with E-state index in [9.17, 15) is 18.7 Å². The third kappa shape index (κ3) is 3.88. The average molecular weight is 413 g/mol. The summed E-state index contributed by atoms with van der Waals surface area (Å²) in [6.45, 7) is 1.85. The number of carbonyl (C=O) groups is 1. The lowest BCUT2D eigenvalue weighted by Crippen LogP contribution is -2.21. The van der Waals surface area contributed by atoms with Gasteiger partial charge in [-0.05, 0) is 48.7 Å². The molecule has 0 saturated carbocycles. The number of hydrogen-bond donors (Lipinski definition) is 2. The minimum absolute atomic E-state index is 0.0199. The van der Waals surface area contributed by atoms with Gasteiger partial charge >= 0.3 is 0 Å². The van der Waals surface area contributed by atoms with E-state index in [-0.39, 0.29) is 29.8 Å². The van der Waals surface area contributed by atoms with Crippen LogP contribution in [0.5, 0.6) is 5.75 Å². The van der Waals surface area contributed by atoms with Crippen molar-refractivity contribution in [2.75, 3.05) is 0 Å². The van der Waals surface area contributed by atoms with E-state index in [1.165, 1.54) is 35.6 Å². The highest BCUT2D eigenvalue weighted by Gasteiger charge is 2.30. The quantitative estimate of drug-likeness (QED) is 0.624. The van der Waals surface area contributed by atoms with E-state index in [1.54, 1.807) is 17.5 Å². The fourth-order valence-corrected chi connectivity index (χ4v) is 4.24. The van der Waals surface area contributed by atoms with Crippen molar-refractivity contribution >= 4 is 23.0 Å². The summed E-state index contributed by atoms with van der Waals surface area (Å²) in [5.41, 5.74) is 5.03. The zero-order valence-electron chi connectivity index (χ0n) is 15.4. The molecule has 2 aromatic carbocycles. The van der Waals surface area contributed by atoms with Crippen LogP contribution in [0, 0.1) is 11.6 Å². The molecule has 1 aromatic heterocycles. The summed E-state index contributed by atoms with van der Waals surface area (Å²) < 4.78 is 27.1. The molecule has 0 radical (unpaired) electrons. The van der Waals surface area contributed by atoms with E-state index in [0.717, 1.165) is 5.56 Å². The molecule has 3 aromatic rings. The van der Waals surface area contributed by atoms with Crippen LogP contribution in [0.3, 0.4) is 0 Å². The van der Waals surface area contributed by atoms with Gasteiger partial charge in [0.1, 0.15) is 22.4 Å². The maximum Gasteiger partial charge on any atom is 0.246 e. The maximum atomic E-state index is 14.1. The summed E-state index contributed by atoms with van der Waals surface area (Å²) in [6, 6.07) is 8.50. The molecule has 1 aliphatic rings. The largest absolute Gasteiger partial charge is 0.507 e. The molecule has 0 aliphatic heterocycles. The Bertz CT molecular complexity index is 1110. The number of fused-ring (bicyclic) bond motifs is 1. The normalized spacial score (nSPS) is 16.8. The van der Waals surface area contributed by atoms with Crippen LogP contribution in [0.2, 0.25) is 0 Å². The van der Waals surface area contributed by atoms with Crippen molar-refractivity contribution in [1.82, 2.24) is 10.4 Å². The van der Waals surface area contributed by atoms with Crippen LogP contribution < -0.4 is 5.43 Å². The van der Waals surface area contributed by atoms with E-state index in [1.807, 2.05) is 6.92 Å². The van der Waals surface area contributed by atoms with Gasteiger partial charge in [0.25, 0.3) is 0 Å². The molecule has 0 fully saturated rings. The Balaban J connectivity index is 1.46. The highest BCUT2D eigenvalue weighted by molar-refractivity contribution is 7.13. The van der Waals surface area contributed by atoms with Gasteiger partial charge in [0.15, 0.2) is 0 Å². The van der Waals surface area contributed by atoms with Crippen LogP contribution in [0.1, 0.15) is 36.1 Å². The number of hydrazone groups is 1. The lowest BCUT2D eigenvalue weighted by Gasteiger charge is -2.06. The minimum Gasteiger partial charge on any atom is -0.507 e. The minimum atomic E-state index is -0.391. The van der Waals surface area contributed by atoms with Gasteiger partial charge in [-0.1, -0.05) is 6.92 Å². The molecule has 0 spiro atoms. The van der Waals surface area contributed by atoms with Crippen LogP contribution in [-0.4, -0.2) is 21.7 Å². The Morgan fingerprint density at radius 3 is 2.79 bits per heavy atom. The van der Waals surface area contributed by atoms with E-state index in [0.29, 0.717) is 34.0 Å². The first-order valence-corrected chi connectivity index (χ1v) is 9.88. The first-order chi connectivity index (χ1) is 13.9. The van der Waals surface area contributed by atoms with Gasteiger partial charge in [-0.25, -0.2) is 19.2 Å². The lowest BCUT2D eigenvalue weighted by molar-refractivity contribution is -0.120. The Labute approximate surface area is 169 Å². The molecule has 4 rings (SSSR count). The average Bonchev–Trinajstić information content (AvgIpc) is 3.29. The SMILES string of the molecule is C[C@H]1C/C(=N\NC(=O)Cc2csc(-c3ccc(F)cc3)n2)c2c(O)ccc(F)c21. The Morgan fingerprint density at radius 2 is 2.03 bits per heavy atom. The number of aromatic nitrogens is 1. The highest BCUT2D eigenvalue weighted by Crippen LogP contribution is 2.39. The molecule has 1 heterocycles. The Morgan fingerprint density at radius 1 is 1.28 bits per heavy atom. The second-order valence-electron chi connectivity index (χ2n) is 6.88. The molecule has 1 aliphatic carbocycles. The third-order valence-electron chi connectivity index (χ3n) is 4.75. The van der Waals surface area contributed by atoms with Crippen molar-refractivity contribution in [2.45, 2.75) is 25.7 Å². The summed E-state index contributed by atoms with van der Waals surface area (Å²) in [7, 11) is 0. The van der Waals surface area contributed by atoms with E-state index in [4.69, 9.17) is 0 Å². The van der Waals surface area contributed by atoms with Crippen molar-refractivity contribution in [3.8, 4) is 16.3 Å². The van der Waals surface area contributed by atoms with Crippen LogP contribution in [-0.2, 0) is 11.2 Å². The predicted molar refractivity (Wildman–Crippen MR) is 107 cm³/mol. The van der Waals surface area contributed by atoms with Gasteiger partial charge in [-0.3, -0.25) is 4.79 Å². The second kappa shape index (κ2) is 7.71. The monoisotopic (exact) mass is 413 g/mol. The Kier molecular flexibility index (Phi) is 5.10. The molecule has 1 amide bonds. The molecule has 8 heteroatoms. The number of hydrogen-bond acceptors (Lipinski definition) is 5. The van der Waals surface area contributed by atoms with Crippen LogP contribution in [0.4, 0.5) is 8.78 Å². The van der Waals surface area contributed by atoms with E-state index in [2.05, 4.69) is 15.5 Å². The maximum absolute atomic E-state index is 14.1. The van der Waals surface area contributed by atoms with Crippen molar-refractivity contribution in [1.29, 1.82) is 0 Å². The van der Waals surface area contributed by atoms with Gasteiger partial charge in [0.05, 0.1) is 17.8 Å². The standard InChI is InChI=1S/C21H17F2N3O2S/c1-11-8-16(20-17(27)7-6-15(23)19(11)20)25-26-18(28)9-14-10-29-21(24-14)12-2-4-13(22)5-3-12/h2-7,10-11,27H,8-9H2,1H3,(H,26,28)/b25-16+/t11-/m0/s1. The highest BCUT2D eigenvalue weighted by atomic mass is 32.1. The smallest absolute Gasteiger partial charge is 0.246 e. The number of rotatable bonds is 4. The number of benzene rings is 2. The molecule has 0 unspecified atom stereocenters. The van der Waals surface area contributed by atoms with Crippen LogP contribution in [0.15, 0.2) is 46.9 Å². The molecule has 0 bridgehead atoms. The van der Waals surface area contributed by atoms with E-state index < -0.39 is 5.82 Å². The fourth-order valence-electron chi connectivity index (χ4n) is 3.41. The van der Waals surface area contributed by atoms with Gasteiger partial charge in [0, 0.05) is 22.1 Å². The van der Waals surface area contributed by atoms with Crippen molar-refractivity contribution in [3.63, 3.8) is 0 Å². The summed E-state index contributed by atoms with van der Waals surface area (Å²) in [6.07, 6.45) is 0.446. The van der Waals surface area contributed by atoms with Gasteiger partial charge in [0.2, 0.25) is 5.91 Å². The summed E-state index contributed by atoms with van der Waals surface area (Å²) >= 11 is 1.36. The van der Waals surface area contributed by atoms with Gasteiger partial charge in [-0.2, -0.15) is 5.10 Å². The molecule has 5 nitrogen and oxygen atoms in total. The fraction of sp³-hybridized carbons (Fsp3) is 0.190. The van der Waals surface area contributed by atoms with Crippen LogP contribution >= 0.6 is 11.3 Å². The molecule has 0 saturated heterocycles. The second-order valence-corrected chi connectivity index (χ2v) is 7.74. The molecular formula is C21H17F2N3O2S. The number of halogens is 2. The predicted octanol–water partition coefficient (Wildman–Crippen LogP) is 4.36. The number of thiazole rings is 1. The van der Waals surface area contributed by atoms with Crippen molar-refractivity contribution in [2.24, 2.45) is 5.10 Å². The summed E-state index contributed by atoms with van der Waals surface area (Å²) in [5.74, 6) is -1.27. The van der Waals surface area contributed by atoms with Crippen molar-refractivity contribution < 1.29 is 18.7 Å². The van der Waals surface area contributed by atoms with Gasteiger partial charge < -0.3 is 5.11 Å². The summed E-state index contributed by atoms with van der Waals surface area (Å²) in [5, 5.41) is 16.6. The molecule has 1 atom stereocenters. The number of nitrogens with one attached hydrogen (secondary N) is 1. The number of amides is 1. The first-order valence-electron chi connectivity index (χ1n) is 9.00. The lowest BCUT2D eigenvalue weighted by atomic mass is 10.0. The number of carbonyl (C=O) groups excluding carboxylic acids is 1. The zero-order chi connectivity index (χ0) is 20.5. The molecule has 148 valence electrons. The number of aromatic hydroxyl groups is 1. The van der Waals surface area contributed by atoms with Crippen molar-refractivity contribution in [3.05, 3.63) is 70.2 Å². The topological polar surface area (TPSA) is 74.6 Å². The van der Waals surface area contributed by atoms with Crippen LogP contribution in [0.25, 0.3) is 10.6 Å². The first kappa shape index (κ1) is 19.2. The number of nitrogens with zero attached hydrogens (tertiary/aromatic N) is 2. The number of phenolic OH excluding ortho intramolecular Hbond substituents is 1.